The van der Waals surface area contributed by atoms with Gasteiger partial charge in [-0.1, -0.05) is 34.6 Å². The van der Waals surface area contributed by atoms with Crippen molar-refractivity contribution < 1.29 is 0 Å². The molecular weight excluding hydrogens is 292 g/mol. The number of hydrogen-bond donors (Lipinski definition) is 1. The lowest BCUT2D eigenvalue weighted by atomic mass is 10.0. The third-order valence-electron chi connectivity index (χ3n) is 3.53. The van der Waals surface area contributed by atoms with E-state index in [1.807, 2.05) is 29.3 Å². The van der Waals surface area contributed by atoms with E-state index in [1.54, 1.807) is 0 Å². The van der Waals surface area contributed by atoms with Gasteiger partial charge in [0, 0.05) is 24.7 Å². The minimum Gasteiger partial charge on any atom is -0.325 e. The summed E-state index contributed by atoms with van der Waals surface area (Å²) in [6.45, 7) is 11.4. The number of nitrogens with zero attached hydrogens (tertiary/aromatic N) is 3. The van der Waals surface area contributed by atoms with Crippen LogP contribution < -0.4 is 5.73 Å². The summed E-state index contributed by atoms with van der Waals surface area (Å²) in [6, 6.07) is 0. The zero-order valence-electron chi connectivity index (χ0n) is 14.8. The SMILES string of the molecule is CC(C)c1cn(C)nc1CN.CCc1nc(CC)c(CC)s1. The molecule has 2 aromatic rings. The van der Waals surface area contributed by atoms with Crippen LogP contribution >= 0.6 is 11.3 Å². The van der Waals surface area contributed by atoms with E-state index < -0.39 is 0 Å². The van der Waals surface area contributed by atoms with Crippen molar-refractivity contribution in [3.05, 3.63) is 33.0 Å². The minimum absolute atomic E-state index is 0.516. The van der Waals surface area contributed by atoms with E-state index in [4.69, 9.17) is 5.73 Å². The maximum Gasteiger partial charge on any atom is 0.0928 e. The van der Waals surface area contributed by atoms with Crippen molar-refractivity contribution in [1.82, 2.24) is 14.8 Å². The predicted octanol–water partition coefficient (Wildman–Crippen LogP) is 3.83. The molecule has 2 N–H and O–H groups in total. The van der Waals surface area contributed by atoms with Gasteiger partial charge in [0.05, 0.1) is 16.4 Å². The predicted molar refractivity (Wildman–Crippen MR) is 95.4 cm³/mol. The second kappa shape index (κ2) is 9.06. The lowest BCUT2D eigenvalue weighted by Gasteiger charge is -2.01. The summed E-state index contributed by atoms with van der Waals surface area (Å²) in [5.74, 6) is 0.516. The van der Waals surface area contributed by atoms with Gasteiger partial charge in [0.25, 0.3) is 0 Å². The summed E-state index contributed by atoms with van der Waals surface area (Å²) >= 11 is 1.87. The van der Waals surface area contributed by atoms with E-state index >= 15 is 0 Å². The Kier molecular flexibility index (Phi) is 7.76. The first-order valence-electron chi connectivity index (χ1n) is 8.16. The zero-order chi connectivity index (χ0) is 16.7. The van der Waals surface area contributed by atoms with Gasteiger partial charge >= 0.3 is 0 Å². The van der Waals surface area contributed by atoms with Crippen LogP contribution in [0.15, 0.2) is 6.20 Å². The van der Waals surface area contributed by atoms with Gasteiger partial charge in [0.15, 0.2) is 0 Å². The molecule has 22 heavy (non-hydrogen) atoms. The summed E-state index contributed by atoms with van der Waals surface area (Å²) in [5.41, 5.74) is 9.12. The van der Waals surface area contributed by atoms with Crippen LogP contribution in [0, 0.1) is 0 Å². The van der Waals surface area contributed by atoms with Gasteiger partial charge in [-0.25, -0.2) is 4.98 Å². The molecule has 0 aliphatic rings. The van der Waals surface area contributed by atoms with E-state index in [9.17, 15) is 0 Å². The quantitative estimate of drug-likeness (QED) is 0.910. The number of hydrogen-bond acceptors (Lipinski definition) is 4. The number of aromatic nitrogens is 3. The molecule has 0 spiro atoms. The molecule has 124 valence electrons. The molecule has 2 rings (SSSR count). The minimum atomic E-state index is 0.516. The summed E-state index contributed by atoms with van der Waals surface area (Å²) < 4.78 is 1.82. The first-order chi connectivity index (χ1) is 10.5. The van der Waals surface area contributed by atoms with E-state index in [0.29, 0.717) is 12.5 Å². The van der Waals surface area contributed by atoms with Crippen LogP contribution in [-0.4, -0.2) is 14.8 Å². The maximum atomic E-state index is 5.53. The number of rotatable bonds is 5. The fraction of sp³-hybridized carbons (Fsp3) is 0.647. The van der Waals surface area contributed by atoms with Gasteiger partial charge < -0.3 is 5.73 Å². The standard InChI is InChI=1S/C9H15NS.C8H15N3/c1-4-7-8(5-2)11-9(6-3)10-7;1-6(2)7-5-11(3)10-8(7)4-9/h4-6H2,1-3H3;5-6H,4,9H2,1-3H3. The van der Waals surface area contributed by atoms with E-state index in [2.05, 4.69) is 44.7 Å². The Morgan fingerprint density at radius 2 is 1.82 bits per heavy atom. The van der Waals surface area contributed by atoms with E-state index in [0.717, 1.165) is 25.0 Å². The lowest BCUT2D eigenvalue weighted by Crippen LogP contribution is -2.01. The van der Waals surface area contributed by atoms with Gasteiger partial charge in [-0.2, -0.15) is 5.10 Å². The molecule has 0 amide bonds. The normalized spacial score (nSPS) is 10.7. The summed E-state index contributed by atoms with van der Waals surface area (Å²) in [5, 5.41) is 5.53. The second-order valence-corrected chi connectivity index (χ2v) is 6.77. The van der Waals surface area contributed by atoms with Crippen molar-refractivity contribution in [2.24, 2.45) is 12.8 Å². The van der Waals surface area contributed by atoms with Crippen LogP contribution in [-0.2, 0) is 32.9 Å². The highest BCUT2D eigenvalue weighted by molar-refractivity contribution is 7.11. The van der Waals surface area contributed by atoms with Crippen molar-refractivity contribution in [3.8, 4) is 0 Å². The largest absolute Gasteiger partial charge is 0.325 e. The number of thiazole rings is 1. The fourth-order valence-electron chi connectivity index (χ4n) is 2.33. The molecule has 2 heterocycles. The molecule has 0 unspecified atom stereocenters. The van der Waals surface area contributed by atoms with Gasteiger partial charge in [-0.05, 0) is 30.7 Å². The molecule has 0 atom stereocenters. The Morgan fingerprint density at radius 3 is 2.18 bits per heavy atom. The van der Waals surface area contributed by atoms with Crippen LogP contribution in [0.25, 0.3) is 0 Å². The Balaban J connectivity index is 0.000000220. The average molecular weight is 323 g/mol. The van der Waals surface area contributed by atoms with E-state index in [1.165, 1.54) is 21.1 Å². The molecule has 5 heteroatoms. The molecule has 0 bridgehead atoms. The van der Waals surface area contributed by atoms with Crippen molar-refractivity contribution in [1.29, 1.82) is 0 Å². The fourth-order valence-corrected chi connectivity index (χ4v) is 3.37. The molecule has 0 radical (unpaired) electrons. The molecule has 0 fully saturated rings. The molecular formula is C17H30N4S. The smallest absolute Gasteiger partial charge is 0.0928 e. The Hall–Kier alpha value is -1.20. The van der Waals surface area contributed by atoms with Crippen LogP contribution in [0.1, 0.15) is 67.4 Å². The first kappa shape index (κ1) is 18.8. The topological polar surface area (TPSA) is 56.7 Å². The molecule has 0 aromatic carbocycles. The Bertz CT molecular complexity index is 548. The highest BCUT2D eigenvalue weighted by Crippen LogP contribution is 2.19. The summed E-state index contributed by atoms with van der Waals surface area (Å²) in [7, 11) is 1.92. The molecule has 0 aliphatic heterocycles. The zero-order valence-corrected chi connectivity index (χ0v) is 15.6. The molecule has 4 nitrogen and oxygen atoms in total. The molecule has 0 saturated heterocycles. The monoisotopic (exact) mass is 322 g/mol. The van der Waals surface area contributed by atoms with Gasteiger partial charge in [0.1, 0.15) is 0 Å². The van der Waals surface area contributed by atoms with Gasteiger partial charge in [-0.15, -0.1) is 11.3 Å². The maximum absolute atomic E-state index is 5.53. The highest BCUT2D eigenvalue weighted by Gasteiger charge is 2.08. The van der Waals surface area contributed by atoms with Crippen molar-refractivity contribution in [2.45, 2.75) is 66.3 Å². The van der Waals surface area contributed by atoms with E-state index in [-0.39, 0.29) is 0 Å². The molecule has 0 saturated carbocycles. The first-order valence-corrected chi connectivity index (χ1v) is 8.98. The van der Waals surface area contributed by atoms with Crippen molar-refractivity contribution >= 4 is 11.3 Å². The van der Waals surface area contributed by atoms with Crippen LogP contribution in [0.2, 0.25) is 0 Å². The number of nitrogens with two attached hydrogens (primary N) is 1. The van der Waals surface area contributed by atoms with Crippen molar-refractivity contribution in [3.63, 3.8) is 0 Å². The molecule has 2 aromatic heterocycles. The second-order valence-electron chi connectivity index (χ2n) is 5.60. The van der Waals surface area contributed by atoms with Crippen LogP contribution in [0.5, 0.6) is 0 Å². The van der Waals surface area contributed by atoms with Gasteiger partial charge in [0.2, 0.25) is 0 Å². The van der Waals surface area contributed by atoms with Gasteiger partial charge in [-0.3, -0.25) is 4.68 Å². The molecule has 0 aliphatic carbocycles. The van der Waals surface area contributed by atoms with Crippen molar-refractivity contribution in [2.75, 3.05) is 0 Å². The van der Waals surface area contributed by atoms with Crippen LogP contribution in [0.4, 0.5) is 0 Å². The summed E-state index contributed by atoms with van der Waals surface area (Å²) in [4.78, 5) is 6.01. The third kappa shape index (κ3) is 4.92. The highest BCUT2D eigenvalue weighted by atomic mass is 32.1. The average Bonchev–Trinajstić information content (AvgIpc) is 3.10. The Morgan fingerprint density at radius 1 is 1.14 bits per heavy atom. The van der Waals surface area contributed by atoms with Crippen LogP contribution in [0.3, 0.4) is 0 Å². The summed E-state index contributed by atoms with van der Waals surface area (Å²) in [6.07, 6.45) is 5.34. The Labute approximate surface area is 138 Å². The third-order valence-corrected chi connectivity index (χ3v) is 4.92. The lowest BCUT2D eigenvalue weighted by molar-refractivity contribution is 0.742. The number of aryl methyl sites for hydroxylation is 4.